The summed E-state index contributed by atoms with van der Waals surface area (Å²) in [5.41, 5.74) is 0.291. The van der Waals surface area contributed by atoms with Gasteiger partial charge >= 0.3 is 5.69 Å². The van der Waals surface area contributed by atoms with Gasteiger partial charge in [-0.2, -0.15) is 5.10 Å². The Balaban J connectivity index is 1.70. The molecule has 17 heavy (non-hydrogen) atoms. The predicted molar refractivity (Wildman–Crippen MR) is 64.5 cm³/mol. The van der Waals surface area contributed by atoms with Crippen LogP contribution in [0.25, 0.3) is 5.65 Å². The number of alkyl halides is 1. The van der Waals surface area contributed by atoms with Crippen LogP contribution in [0, 0.1) is 5.92 Å². The highest BCUT2D eigenvalue weighted by atomic mass is 35.5. The van der Waals surface area contributed by atoms with Crippen molar-refractivity contribution in [2.75, 3.05) is 11.9 Å². The van der Waals surface area contributed by atoms with Gasteiger partial charge in [0.25, 0.3) is 0 Å². The highest BCUT2D eigenvalue weighted by Gasteiger charge is 2.26. The molecule has 90 valence electrons. The molecule has 0 radical (unpaired) electrons. The van der Waals surface area contributed by atoms with Crippen molar-refractivity contribution >= 4 is 23.1 Å². The maximum Gasteiger partial charge on any atom is 0.348 e. The molecule has 0 spiro atoms. The van der Waals surface area contributed by atoms with Crippen molar-refractivity contribution in [2.24, 2.45) is 5.92 Å². The van der Waals surface area contributed by atoms with Gasteiger partial charge in [-0.15, -0.1) is 11.6 Å². The number of anilines is 1. The van der Waals surface area contributed by atoms with Crippen molar-refractivity contribution < 1.29 is 0 Å². The van der Waals surface area contributed by atoms with E-state index < -0.39 is 0 Å². The Morgan fingerprint density at radius 3 is 3.18 bits per heavy atom. The van der Waals surface area contributed by atoms with Gasteiger partial charge in [0.15, 0.2) is 5.65 Å². The first-order valence-electron chi connectivity index (χ1n) is 5.53. The Hall–Kier alpha value is -1.56. The quantitative estimate of drug-likeness (QED) is 0.795. The normalized spacial score (nSPS) is 23.6. The van der Waals surface area contributed by atoms with Crippen LogP contribution in [-0.2, 0) is 0 Å². The third kappa shape index (κ3) is 2.00. The number of nitrogens with one attached hydrogen (secondary N) is 2. The van der Waals surface area contributed by atoms with E-state index in [1.165, 1.54) is 10.7 Å². The second kappa shape index (κ2) is 4.03. The lowest BCUT2D eigenvalue weighted by Gasteiger charge is -2.30. The van der Waals surface area contributed by atoms with Gasteiger partial charge in [-0.25, -0.2) is 19.3 Å². The zero-order valence-electron chi connectivity index (χ0n) is 9.06. The van der Waals surface area contributed by atoms with E-state index in [4.69, 9.17) is 11.6 Å². The first kappa shape index (κ1) is 10.6. The molecule has 2 heterocycles. The molecule has 0 aliphatic heterocycles. The van der Waals surface area contributed by atoms with Crippen molar-refractivity contribution in [2.45, 2.75) is 18.2 Å². The number of rotatable bonds is 3. The first-order chi connectivity index (χ1) is 8.22. The van der Waals surface area contributed by atoms with Gasteiger partial charge in [-0.05, 0) is 18.8 Å². The molecule has 1 aliphatic carbocycles. The van der Waals surface area contributed by atoms with E-state index in [-0.39, 0.29) is 5.69 Å². The van der Waals surface area contributed by atoms with Crippen LogP contribution < -0.4 is 11.0 Å². The van der Waals surface area contributed by atoms with E-state index in [9.17, 15) is 4.79 Å². The summed E-state index contributed by atoms with van der Waals surface area (Å²) in [6.45, 7) is 0.862. The summed E-state index contributed by atoms with van der Waals surface area (Å²) < 4.78 is 1.36. The van der Waals surface area contributed by atoms with E-state index in [0.717, 1.165) is 25.2 Å². The molecule has 0 saturated heterocycles. The second-order valence-electron chi connectivity index (χ2n) is 4.35. The molecule has 0 atom stereocenters. The average molecular weight is 254 g/mol. The lowest BCUT2D eigenvalue weighted by Crippen LogP contribution is -2.30. The van der Waals surface area contributed by atoms with Gasteiger partial charge < -0.3 is 5.32 Å². The molecule has 0 amide bonds. The number of nitrogens with zero attached hydrogens (tertiary/aromatic N) is 3. The predicted octanol–water partition coefficient (Wildman–Crippen LogP) is 0.847. The summed E-state index contributed by atoms with van der Waals surface area (Å²) in [4.78, 5) is 15.4. The summed E-state index contributed by atoms with van der Waals surface area (Å²) in [5, 5.41) is 9.81. The van der Waals surface area contributed by atoms with Crippen LogP contribution in [0.1, 0.15) is 12.8 Å². The van der Waals surface area contributed by atoms with Crippen LogP contribution in [-0.4, -0.2) is 31.5 Å². The summed E-state index contributed by atoms with van der Waals surface area (Å²) in [6.07, 6.45) is 3.58. The molecule has 7 heteroatoms. The largest absolute Gasteiger partial charge is 0.370 e. The van der Waals surface area contributed by atoms with Crippen molar-refractivity contribution in [1.29, 1.82) is 0 Å². The molecule has 0 bridgehead atoms. The Kier molecular flexibility index (Phi) is 2.51. The van der Waals surface area contributed by atoms with Crippen LogP contribution in [0.4, 0.5) is 5.82 Å². The standard InChI is InChI=1S/C10H12ClN5O/c11-7-1-6(2-7)4-12-8-3-9-14-15-10(17)16(9)5-13-8/h3,5-7,12H,1-2,4H2,(H,15,17). The van der Waals surface area contributed by atoms with E-state index in [0.29, 0.717) is 16.9 Å². The highest BCUT2D eigenvalue weighted by Crippen LogP contribution is 2.31. The van der Waals surface area contributed by atoms with Gasteiger partial charge in [-0.1, -0.05) is 0 Å². The fourth-order valence-corrected chi connectivity index (χ4v) is 2.48. The monoisotopic (exact) mass is 253 g/mol. The molecule has 3 rings (SSSR count). The zero-order valence-corrected chi connectivity index (χ0v) is 9.81. The summed E-state index contributed by atoms with van der Waals surface area (Å²) >= 11 is 5.91. The summed E-state index contributed by atoms with van der Waals surface area (Å²) in [7, 11) is 0. The van der Waals surface area contributed by atoms with E-state index in [1.807, 2.05) is 0 Å². The van der Waals surface area contributed by atoms with Crippen LogP contribution >= 0.6 is 11.6 Å². The lowest BCUT2D eigenvalue weighted by atomic mass is 9.85. The number of aromatic amines is 1. The molecule has 6 nitrogen and oxygen atoms in total. The molecule has 1 aliphatic rings. The van der Waals surface area contributed by atoms with Crippen LogP contribution in [0.15, 0.2) is 17.2 Å². The molecule has 1 fully saturated rings. The van der Waals surface area contributed by atoms with Gasteiger partial charge in [0.2, 0.25) is 0 Å². The maximum absolute atomic E-state index is 11.2. The lowest BCUT2D eigenvalue weighted by molar-refractivity contribution is 0.341. The average Bonchev–Trinajstić information content (AvgIpc) is 2.65. The van der Waals surface area contributed by atoms with E-state index in [2.05, 4.69) is 20.5 Å². The van der Waals surface area contributed by atoms with Crippen LogP contribution in [0.2, 0.25) is 0 Å². The molecule has 0 aromatic carbocycles. The summed E-state index contributed by atoms with van der Waals surface area (Å²) in [6, 6.07) is 1.74. The van der Waals surface area contributed by atoms with Gasteiger partial charge in [0.1, 0.15) is 12.1 Å². The fourth-order valence-electron chi connectivity index (χ4n) is 1.98. The molecule has 2 aromatic rings. The van der Waals surface area contributed by atoms with Crippen molar-refractivity contribution in [1.82, 2.24) is 19.6 Å². The minimum absolute atomic E-state index is 0.275. The molecular formula is C10H12ClN5O. The number of halogens is 1. The number of fused-ring (bicyclic) bond motifs is 1. The number of hydrogen-bond acceptors (Lipinski definition) is 4. The second-order valence-corrected chi connectivity index (χ2v) is 4.96. The third-order valence-corrected chi connectivity index (χ3v) is 3.42. The Morgan fingerprint density at radius 2 is 2.41 bits per heavy atom. The zero-order chi connectivity index (χ0) is 11.8. The van der Waals surface area contributed by atoms with Gasteiger partial charge in [0.05, 0.1) is 0 Å². The molecule has 0 unspecified atom stereocenters. The minimum atomic E-state index is -0.275. The Bertz CT molecular complexity index is 586. The van der Waals surface area contributed by atoms with Gasteiger partial charge in [-0.3, -0.25) is 0 Å². The van der Waals surface area contributed by atoms with Crippen molar-refractivity contribution in [3.8, 4) is 0 Å². The number of hydrogen-bond donors (Lipinski definition) is 2. The molecule has 1 saturated carbocycles. The number of aromatic nitrogens is 4. The smallest absolute Gasteiger partial charge is 0.348 e. The van der Waals surface area contributed by atoms with Gasteiger partial charge in [0, 0.05) is 18.0 Å². The highest BCUT2D eigenvalue weighted by molar-refractivity contribution is 6.21. The first-order valence-corrected chi connectivity index (χ1v) is 5.97. The Morgan fingerprint density at radius 1 is 1.59 bits per heavy atom. The van der Waals surface area contributed by atoms with E-state index >= 15 is 0 Å². The minimum Gasteiger partial charge on any atom is -0.370 e. The Labute approximate surface area is 102 Å². The SMILES string of the molecule is O=c1[nH]nc2cc(NCC3CC(Cl)C3)ncn12. The van der Waals surface area contributed by atoms with Crippen molar-refractivity contribution in [3.63, 3.8) is 0 Å². The molecular weight excluding hydrogens is 242 g/mol. The molecule has 2 N–H and O–H groups in total. The fraction of sp³-hybridized carbons (Fsp3) is 0.500. The molecule has 2 aromatic heterocycles. The van der Waals surface area contributed by atoms with Crippen molar-refractivity contribution in [3.05, 3.63) is 22.9 Å². The maximum atomic E-state index is 11.2. The van der Waals surface area contributed by atoms with E-state index in [1.54, 1.807) is 6.07 Å². The topological polar surface area (TPSA) is 75.1 Å². The van der Waals surface area contributed by atoms with Crippen LogP contribution in [0.3, 0.4) is 0 Å². The van der Waals surface area contributed by atoms with Crippen LogP contribution in [0.5, 0.6) is 0 Å². The summed E-state index contributed by atoms with van der Waals surface area (Å²) in [5.74, 6) is 1.35. The third-order valence-electron chi connectivity index (χ3n) is 3.06. The number of H-pyrrole nitrogens is 1.